The maximum Gasteiger partial charge on any atom is 0.0588 e. The van der Waals surface area contributed by atoms with Gasteiger partial charge in [0.1, 0.15) is 0 Å². The average Bonchev–Trinajstić information content (AvgIpc) is 2.97. The largest absolute Gasteiger partial charge is 0.393 e. The Kier molecular flexibility index (Phi) is 5.13. The van der Waals surface area contributed by atoms with Crippen LogP contribution in [0.15, 0.2) is 30.3 Å². The number of nitrogens with zero attached hydrogens (tertiary/aromatic N) is 1. The number of rotatable bonds is 4. The van der Waals surface area contributed by atoms with E-state index in [-0.39, 0.29) is 11.6 Å². The summed E-state index contributed by atoms with van der Waals surface area (Å²) in [6, 6.07) is 10.9. The standard InChI is InChI=1S/C21H33NO/c1-16-9-10-19(20(23)13-16)21(2,3)22-12-11-18(15-22)14-17-7-5-4-6-8-17/h4-8,16,18-20,23H,9-15H2,1-3H3/t16-,18-,19-,20-/m1/s1. The molecule has 1 aromatic carbocycles. The second-order valence-electron chi connectivity index (χ2n) is 8.54. The molecule has 1 aliphatic carbocycles. The lowest BCUT2D eigenvalue weighted by Crippen LogP contribution is -2.53. The summed E-state index contributed by atoms with van der Waals surface area (Å²) >= 11 is 0. The van der Waals surface area contributed by atoms with Gasteiger partial charge in [0.25, 0.3) is 0 Å². The Labute approximate surface area is 141 Å². The zero-order valence-corrected chi connectivity index (χ0v) is 15.0. The van der Waals surface area contributed by atoms with Crippen molar-refractivity contribution in [3.63, 3.8) is 0 Å². The van der Waals surface area contributed by atoms with Crippen molar-refractivity contribution in [1.82, 2.24) is 4.90 Å². The van der Waals surface area contributed by atoms with Crippen LogP contribution in [-0.4, -0.2) is 34.7 Å². The van der Waals surface area contributed by atoms with E-state index >= 15 is 0 Å². The summed E-state index contributed by atoms with van der Waals surface area (Å²) in [6.07, 6.45) is 5.79. The lowest BCUT2D eigenvalue weighted by molar-refractivity contribution is -0.0377. The number of aliphatic hydroxyl groups excluding tert-OH is 1. The third kappa shape index (κ3) is 3.80. The van der Waals surface area contributed by atoms with E-state index in [2.05, 4.69) is 56.0 Å². The molecule has 1 saturated heterocycles. The van der Waals surface area contributed by atoms with Crippen LogP contribution < -0.4 is 0 Å². The van der Waals surface area contributed by atoms with Crippen LogP contribution in [0.2, 0.25) is 0 Å². The lowest BCUT2D eigenvalue weighted by atomic mass is 9.71. The van der Waals surface area contributed by atoms with E-state index in [1.165, 1.54) is 44.3 Å². The van der Waals surface area contributed by atoms with Crippen LogP contribution >= 0.6 is 0 Å². The Hall–Kier alpha value is -0.860. The van der Waals surface area contributed by atoms with Gasteiger partial charge in [-0.05, 0) is 63.5 Å². The molecule has 1 aliphatic heterocycles. The second kappa shape index (κ2) is 6.94. The lowest BCUT2D eigenvalue weighted by Gasteiger charge is -2.47. The van der Waals surface area contributed by atoms with E-state index in [1.807, 2.05) is 0 Å². The predicted octanol–water partition coefficient (Wildman–Crippen LogP) is 4.13. The van der Waals surface area contributed by atoms with Crippen molar-refractivity contribution in [1.29, 1.82) is 0 Å². The maximum absolute atomic E-state index is 10.6. The number of benzene rings is 1. The smallest absolute Gasteiger partial charge is 0.0588 e. The van der Waals surface area contributed by atoms with Crippen LogP contribution in [0, 0.1) is 17.8 Å². The van der Waals surface area contributed by atoms with Gasteiger partial charge in [-0.3, -0.25) is 4.90 Å². The van der Waals surface area contributed by atoms with Gasteiger partial charge in [0.2, 0.25) is 0 Å². The maximum atomic E-state index is 10.6. The van der Waals surface area contributed by atoms with Crippen molar-refractivity contribution in [2.45, 2.75) is 64.5 Å². The molecule has 0 aromatic heterocycles. The normalized spacial score (nSPS) is 33.0. The van der Waals surface area contributed by atoms with Gasteiger partial charge < -0.3 is 5.11 Å². The molecule has 128 valence electrons. The number of hydrogen-bond donors (Lipinski definition) is 1. The van der Waals surface area contributed by atoms with Crippen molar-refractivity contribution >= 4 is 0 Å². The third-order valence-corrected chi connectivity index (χ3v) is 6.45. The molecule has 0 amide bonds. The highest BCUT2D eigenvalue weighted by molar-refractivity contribution is 5.15. The first-order valence-electron chi connectivity index (χ1n) is 9.44. The summed E-state index contributed by atoms with van der Waals surface area (Å²) < 4.78 is 0. The summed E-state index contributed by atoms with van der Waals surface area (Å²) in [7, 11) is 0. The van der Waals surface area contributed by atoms with E-state index in [0.717, 1.165) is 12.3 Å². The Balaban J connectivity index is 1.61. The molecule has 2 nitrogen and oxygen atoms in total. The fourth-order valence-corrected chi connectivity index (χ4v) is 4.88. The first kappa shape index (κ1) is 17.0. The van der Waals surface area contributed by atoms with Crippen LogP contribution in [0.5, 0.6) is 0 Å². The fourth-order valence-electron chi connectivity index (χ4n) is 4.88. The molecular formula is C21H33NO. The number of aliphatic hydroxyl groups is 1. The van der Waals surface area contributed by atoms with Gasteiger partial charge in [-0.15, -0.1) is 0 Å². The molecule has 1 heterocycles. The fraction of sp³-hybridized carbons (Fsp3) is 0.714. The second-order valence-corrected chi connectivity index (χ2v) is 8.54. The molecule has 2 heteroatoms. The summed E-state index contributed by atoms with van der Waals surface area (Å²) in [4.78, 5) is 2.66. The SMILES string of the molecule is C[C@@H]1CC[C@@H](C(C)(C)N2CC[C@H](Cc3ccccc3)C2)[C@H](O)C1. The van der Waals surface area contributed by atoms with Crippen molar-refractivity contribution in [2.24, 2.45) is 17.8 Å². The van der Waals surface area contributed by atoms with Gasteiger partial charge in [0.15, 0.2) is 0 Å². The highest BCUT2D eigenvalue weighted by atomic mass is 16.3. The van der Waals surface area contributed by atoms with Gasteiger partial charge >= 0.3 is 0 Å². The van der Waals surface area contributed by atoms with Crippen LogP contribution in [0.3, 0.4) is 0 Å². The van der Waals surface area contributed by atoms with Crippen molar-refractivity contribution in [3.05, 3.63) is 35.9 Å². The molecule has 2 fully saturated rings. The van der Waals surface area contributed by atoms with Crippen LogP contribution in [0.1, 0.15) is 52.0 Å². The zero-order valence-electron chi connectivity index (χ0n) is 15.0. The minimum atomic E-state index is -0.123. The first-order valence-corrected chi connectivity index (χ1v) is 9.44. The topological polar surface area (TPSA) is 23.5 Å². The van der Waals surface area contributed by atoms with Crippen molar-refractivity contribution < 1.29 is 5.11 Å². The molecule has 3 rings (SSSR count). The van der Waals surface area contributed by atoms with E-state index in [0.29, 0.717) is 11.8 Å². The monoisotopic (exact) mass is 315 g/mol. The molecule has 1 saturated carbocycles. The minimum absolute atomic E-state index is 0.116. The zero-order chi connectivity index (χ0) is 16.4. The van der Waals surface area contributed by atoms with Crippen molar-refractivity contribution in [2.75, 3.05) is 13.1 Å². The van der Waals surface area contributed by atoms with Crippen molar-refractivity contribution in [3.8, 4) is 0 Å². The van der Waals surface area contributed by atoms with Gasteiger partial charge in [0, 0.05) is 18.0 Å². The minimum Gasteiger partial charge on any atom is -0.393 e. The van der Waals surface area contributed by atoms with Crippen LogP contribution in [-0.2, 0) is 6.42 Å². The van der Waals surface area contributed by atoms with E-state index in [9.17, 15) is 5.11 Å². The molecule has 4 atom stereocenters. The summed E-state index contributed by atoms with van der Waals surface area (Å²) in [5, 5.41) is 10.6. The van der Waals surface area contributed by atoms with E-state index in [1.54, 1.807) is 0 Å². The summed E-state index contributed by atoms with van der Waals surface area (Å²) in [6.45, 7) is 9.37. The van der Waals surface area contributed by atoms with Gasteiger partial charge in [-0.25, -0.2) is 0 Å². The molecule has 1 aromatic rings. The third-order valence-electron chi connectivity index (χ3n) is 6.45. The van der Waals surface area contributed by atoms with Gasteiger partial charge in [-0.1, -0.05) is 43.7 Å². The molecular weight excluding hydrogens is 282 g/mol. The molecule has 0 spiro atoms. The molecule has 0 radical (unpaired) electrons. The van der Waals surface area contributed by atoms with Crippen LogP contribution in [0.25, 0.3) is 0 Å². The predicted molar refractivity (Wildman–Crippen MR) is 96.4 cm³/mol. The quantitative estimate of drug-likeness (QED) is 0.903. The van der Waals surface area contributed by atoms with Gasteiger partial charge in [0.05, 0.1) is 6.10 Å². The summed E-state index contributed by atoms with van der Waals surface area (Å²) in [5.74, 6) is 1.87. The molecule has 0 unspecified atom stereocenters. The first-order chi connectivity index (χ1) is 11.0. The highest BCUT2D eigenvalue weighted by Crippen LogP contribution is 2.40. The molecule has 2 aliphatic rings. The molecule has 23 heavy (non-hydrogen) atoms. The van der Waals surface area contributed by atoms with Gasteiger partial charge in [-0.2, -0.15) is 0 Å². The average molecular weight is 316 g/mol. The summed E-state index contributed by atoms with van der Waals surface area (Å²) in [5.41, 5.74) is 1.58. The Morgan fingerprint density at radius 1 is 1.13 bits per heavy atom. The molecule has 1 N–H and O–H groups in total. The number of likely N-dealkylation sites (tertiary alicyclic amines) is 1. The van der Waals surface area contributed by atoms with E-state index in [4.69, 9.17) is 0 Å². The van der Waals surface area contributed by atoms with Crippen LogP contribution in [0.4, 0.5) is 0 Å². The Morgan fingerprint density at radius 3 is 2.57 bits per heavy atom. The van der Waals surface area contributed by atoms with E-state index < -0.39 is 0 Å². The highest BCUT2D eigenvalue weighted by Gasteiger charge is 2.43. The number of hydrogen-bond acceptors (Lipinski definition) is 2. The molecule has 0 bridgehead atoms. The Morgan fingerprint density at radius 2 is 1.87 bits per heavy atom. The Bertz CT molecular complexity index is 498.